The van der Waals surface area contributed by atoms with Gasteiger partial charge in [0.15, 0.2) is 0 Å². The van der Waals surface area contributed by atoms with E-state index in [9.17, 15) is 4.79 Å². The minimum absolute atomic E-state index is 0.284. The molecule has 0 heterocycles. The van der Waals surface area contributed by atoms with Crippen LogP contribution in [0, 0.1) is 0 Å². The molecule has 110 valence electrons. The van der Waals surface area contributed by atoms with Crippen LogP contribution < -0.4 is 16.8 Å². The van der Waals surface area contributed by atoms with Crippen LogP contribution >= 0.6 is 11.6 Å². The van der Waals surface area contributed by atoms with Gasteiger partial charge < -0.3 is 16.8 Å². The van der Waals surface area contributed by atoms with Crippen LogP contribution in [0.4, 0.5) is 17.1 Å². The summed E-state index contributed by atoms with van der Waals surface area (Å²) in [7, 11) is 0. The lowest BCUT2D eigenvalue weighted by atomic mass is 10.1. The van der Waals surface area contributed by atoms with Crippen LogP contribution in [-0.2, 0) is 6.42 Å². The van der Waals surface area contributed by atoms with Crippen LogP contribution in [0.3, 0.4) is 0 Å². The number of nitrogen functional groups attached to an aromatic ring is 1. The summed E-state index contributed by atoms with van der Waals surface area (Å²) in [6, 6.07) is 11.0. The number of hydrogen-bond donors (Lipinski definition) is 3. The standard InChI is InChI=1S/C16H18ClN3O/c1-2-5-10-6-3-4-7-14(10)20-15-12(16(19)21)8-11(18)9-13(15)17/h3-4,6-9,20H,2,5,18H2,1H3,(H2,19,21). The maximum atomic E-state index is 11.6. The summed E-state index contributed by atoms with van der Waals surface area (Å²) in [6.45, 7) is 2.11. The zero-order chi connectivity index (χ0) is 15.4. The van der Waals surface area contributed by atoms with E-state index in [4.69, 9.17) is 23.1 Å². The Bertz CT molecular complexity index is 671. The summed E-state index contributed by atoms with van der Waals surface area (Å²) in [6.07, 6.45) is 1.96. The molecule has 0 radical (unpaired) electrons. The molecule has 0 aliphatic heterocycles. The average molecular weight is 304 g/mol. The quantitative estimate of drug-likeness (QED) is 0.736. The van der Waals surface area contributed by atoms with E-state index in [1.165, 1.54) is 6.07 Å². The molecule has 2 rings (SSSR count). The number of carbonyl (C=O) groups is 1. The fourth-order valence-electron chi connectivity index (χ4n) is 2.21. The van der Waals surface area contributed by atoms with Gasteiger partial charge in [0.2, 0.25) is 0 Å². The first-order valence-corrected chi connectivity index (χ1v) is 7.14. The molecule has 0 aromatic heterocycles. The zero-order valence-corrected chi connectivity index (χ0v) is 12.6. The van der Waals surface area contributed by atoms with Gasteiger partial charge in [-0.2, -0.15) is 0 Å². The number of amides is 1. The van der Waals surface area contributed by atoms with Gasteiger partial charge in [-0.15, -0.1) is 0 Å². The number of halogens is 1. The lowest BCUT2D eigenvalue weighted by Gasteiger charge is -2.16. The Balaban J connectivity index is 2.47. The van der Waals surface area contributed by atoms with Gasteiger partial charge in [0.25, 0.3) is 5.91 Å². The van der Waals surface area contributed by atoms with Crippen molar-refractivity contribution in [1.29, 1.82) is 0 Å². The molecule has 0 saturated heterocycles. The van der Waals surface area contributed by atoms with Crippen LogP contribution in [-0.4, -0.2) is 5.91 Å². The van der Waals surface area contributed by atoms with Crippen LogP contribution in [0.5, 0.6) is 0 Å². The number of hydrogen-bond acceptors (Lipinski definition) is 3. The highest BCUT2D eigenvalue weighted by Gasteiger charge is 2.14. The number of benzene rings is 2. The number of rotatable bonds is 5. The van der Waals surface area contributed by atoms with Crippen molar-refractivity contribution in [3.8, 4) is 0 Å². The van der Waals surface area contributed by atoms with Gasteiger partial charge in [0, 0.05) is 11.4 Å². The van der Waals surface area contributed by atoms with Crippen LogP contribution in [0.25, 0.3) is 0 Å². The summed E-state index contributed by atoms with van der Waals surface area (Å²) >= 11 is 6.21. The van der Waals surface area contributed by atoms with Crippen LogP contribution in [0.15, 0.2) is 36.4 Å². The molecule has 21 heavy (non-hydrogen) atoms. The number of anilines is 3. The molecule has 0 aliphatic carbocycles. The SMILES string of the molecule is CCCc1ccccc1Nc1c(Cl)cc(N)cc1C(N)=O. The van der Waals surface area contributed by atoms with Gasteiger partial charge in [-0.25, -0.2) is 0 Å². The maximum Gasteiger partial charge on any atom is 0.250 e. The normalized spacial score (nSPS) is 10.4. The molecule has 0 unspecified atom stereocenters. The third-order valence-corrected chi connectivity index (χ3v) is 3.47. The predicted octanol–water partition coefficient (Wildman–Crippen LogP) is 3.72. The van der Waals surface area contributed by atoms with E-state index < -0.39 is 5.91 Å². The lowest BCUT2D eigenvalue weighted by molar-refractivity contribution is 0.100. The molecule has 2 aromatic carbocycles. The number of nitrogens with one attached hydrogen (secondary N) is 1. The molecule has 5 heteroatoms. The molecule has 0 spiro atoms. The predicted molar refractivity (Wildman–Crippen MR) is 88.1 cm³/mol. The largest absolute Gasteiger partial charge is 0.399 e. The number of aryl methyl sites for hydroxylation is 1. The van der Waals surface area contributed by atoms with Crippen molar-refractivity contribution in [1.82, 2.24) is 0 Å². The molecule has 0 aliphatic rings. The molecule has 5 N–H and O–H groups in total. The Labute approximate surface area is 129 Å². The fourth-order valence-corrected chi connectivity index (χ4v) is 2.49. The van der Waals surface area contributed by atoms with E-state index in [2.05, 4.69) is 12.2 Å². The van der Waals surface area contributed by atoms with Crippen molar-refractivity contribution < 1.29 is 4.79 Å². The Kier molecular flexibility index (Phi) is 4.70. The number of carbonyl (C=O) groups excluding carboxylic acids is 1. The van der Waals surface area contributed by atoms with Crippen LogP contribution in [0.1, 0.15) is 29.3 Å². The van der Waals surface area contributed by atoms with Crippen molar-refractivity contribution in [2.24, 2.45) is 5.73 Å². The second-order valence-corrected chi connectivity index (χ2v) is 5.23. The van der Waals surface area contributed by atoms with E-state index >= 15 is 0 Å². The van der Waals surface area contributed by atoms with Crippen molar-refractivity contribution in [3.63, 3.8) is 0 Å². The minimum atomic E-state index is -0.570. The Morgan fingerprint density at radius 1 is 1.29 bits per heavy atom. The number of primary amides is 1. The van der Waals surface area contributed by atoms with E-state index in [1.54, 1.807) is 6.07 Å². The molecule has 1 amide bonds. The average Bonchev–Trinajstić information content (AvgIpc) is 2.43. The van der Waals surface area contributed by atoms with Gasteiger partial charge >= 0.3 is 0 Å². The van der Waals surface area contributed by atoms with Crippen molar-refractivity contribution >= 4 is 34.6 Å². The molecule has 0 atom stereocenters. The van der Waals surface area contributed by atoms with E-state index in [0.717, 1.165) is 24.1 Å². The maximum absolute atomic E-state index is 11.6. The Morgan fingerprint density at radius 2 is 2.00 bits per heavy atom. The first-order chi connectivity index (χ1) is 10.0. The first-order valence-electron chi connectivity index (χ1n) is 6.76. The van der Waals surface area contributed by atoms with Crippen molar-refractivity contribution in [2.75, 3.05) is 11.1 Å². The van der Waals surface area contributed by atoms with Crippen molar-refractivity contribution in [2.45, 2.75) is 19.8 Å². The van der Waals surface area contributed by atoms with Crippen molar-refractivity contribution in [3.05, 3.63) is 52.5 Å². The third-order valence-electron chi connectivity index (χ3n) is 3.17. The summed E-state index contributed by atoms with van der Waals surface area (Å²) in [5, 5.41) is 3.58. The highest BCUT2D eigenvalue weighted by Crippen LogP contribution is 2.33. The monoisotopic (exact) mass is 303 g/mol. The fraction of sp³-hybridized carbons (Fsp3) is 0.188. The van der Waals surface area contributed by atoms with Gasteiger partial charge in [-0.3, -0.25) is 4.79 Å². The topological polar surface area (TPSA) is 81.1 Å². The Hall–Kier alpha value is -2.20. The number of nitrogens with two attached hydrogens (primary N) is 2. The molecular weight excluding hydrogens is 286 g/mol. The van der Waals surface area contributed by atoms with Gasteiger partial charge in [-0.05, 0) is 30.2 Å². The molecule has 0 bridgehead atoms. The summed E-state index contributed by atoms with van der Waals surface area (Å²) in [5.41, 5.74) is 14.4. The first kappa shape index (κ1) is 15.2. The molecule has 0 fully saturated rings. The summed E-state index contributed by atoms with van der Waals surface area (Å²) in [4.78, 5) is 11.6. The van der Waals surface area contributed by atoms with Crippen LogP contribution in [0.2, 0.25) is 5.02 Å². The van der Waals surface area contributed by atoms with Gasteiger partial charge in [0.1, 0.15) is 0 Å². The summed E-state index contributed by atoms with van der Waals surface area (Å²) < 4.78 is 0. The molecule has 2 aromatic rings. The molecule has 0 saturated carbocycles. The van der Waals surface area contributed by atoms with E-state index in [1.807, 2.05) is 24.3 Å². The smallest absolute Gasteiger partial charge is 0.250 e. The third kappa shape index (κ3) is 3.47. The minimum Gasteiger partial charge on any atom is -0.399 e. The Morgan fingerprint density at radius 3 is 2.67 bits per heavy atom. The van der Waals surface area contributed by atoms with E-state index in [-0.39, 0.29) is 5.56 Å². The molecular formula is C16H18ClN3O. The number of para-hydroxylation sites is 1. The second kappa shape index (κ2) is 6.50. The van der Waals surface area contributed by atoms with Gasteiger partial charge in [0.05, 0.1) is 16.3 Å². The highest BCUT2D eigenvalue weighted by atomic mass is 35.5. The zero-order valence-electron chi connectivity index (χ0n) is 11.8. The highest BCUT2D eigenvalue weighted by molar-refractivity contribution is 6.34. The lowest BCUT2D eigenvalue weighted by Crippen LogP contribution is -2.14. The van der Waals surface area contributed by atoms with Gasteiger partial charge in [-0.1, -0.05) is 43.1 Å². The van der Waals surface area contributed by atoms with E-state index in [0.29, 0.717) is 16.4 Å². The summed E-state index contributed by atoms with van der Waals surface area (Å²) in [5.74, 6) is -0.570. The molecule has 4 nitrogen and oxygen atoms in total. The second-order valence-electron chi connectivity index (χ2n) is 4.82.